The first-order valence-corrected chi connectivity index (χ1v) is 2.21. The van der Waals surface area contributed by atoms with Crippen LogP contribution >= 0.6 is 0 Å². The maximum Gasteiger partial charge on any atom is 1.00 e. The number of methoxy groups -OCH3 is 2. The molecule has 0 spiro atoms. The Kier molecular flexibility index (Phi) is 8.64. The molecule has 0 heterocycles. The molecule has 0 amide bonds. The van der Waals surface area contributed by atoms with Crippen molar-refractivity contribution in [3.05, 3.63) is 12.0 Å². The van der Waals surface area contributed by atoms with Crippen LogP contribution < -0.4 is 34.7 Å². The summed E-state index contributed by atoms with van der Waals surface area (Å²) in [5.41, 5.74) is 0. The van der Waals surface area contributed by atoms with E-state index in [4.69, 9.17) is 0 Å². The SMILES string of the molecule is COC(=O)C=C([O-])OC.[Na+]. The molecule has 10 heavy (non-hydrogen) atoms. The molecule has 0 saturated carbocycles. The van der Waals surface area contributed by atoms with Crippen LogP contribution in [-0.4, -0.2) is 20.2 Å². The molecule has 5 heteroatoms. The molecule has 0 unspecified atom stereocenters. The van der Waals surface area contributed by atoms with Gasteiger partial charge in [-0.2, -0.15) is 0 Å². The molecule has 0 rings (SSSR count). The number of carbonyl (C=O) groups excluding carboxylic acids is 1. The van der Waals surface area contributed by atoms with Crippen LogP contribution in [0, 0.1) is 0 Å². The summed E-state index contributed by atoms with van der Waals surface area (Å²) in [6, 6.07) is 0. The van der Waals surface area contributed by atoms with Crippen molar-refractivity contribution < 1.29 is 48.9 Å². The summed E-state index contributed by atoms with van der Waals surface area (Å²) < 4.78 is 8.25. The molecule has 0 saturated heterocycles. The van der Waals surface area contributed by atoms with Gasteiger partial charge in [0.05, 0.1) is 13.1 Å². The minimum Gasteiger partial charge on any atom is -0.616 e. The van der Waals surface area contributed by atoms with Crippen LogP contribution in [0.3, 0.4) is 0 Å². The smallest absolute Gasteiger partial charge is 0.616 e. The summed E-state index contributed by atoms with van der Waals surface area (Å²) in [4.78, 5) is 10.2. The quantitative estimate of drug-likeness (QED) is 0.176. The Hall–Kier alpha value is -0.190. The summed E-state index contributed by atoms with van der Waals surface area (Å²) in [5, 5.41) is 10.2. The molecule has 0 radical (unpaired) electrons. The van der Waals surface area contributed by atoms with Crippen molar-refractivity contribution in [3.8, 4) is 0 Å². The van der Waals surface area contributed by atoms with Crippen molar-refractivity contribution in [2.24, 2.45) is 0 Å². The zero-order valence-electron chi connectivity index (χ0n) is 6.21. The van der Waals surface area contributed by atoms with Gasteiger partial charge in [0.25, 0.3) is 0 Å². The number of rotatable bonds is 2. The first-order valence-electron chi connectivity index (χ1n) is 2.21. The van der Waals surface area contributed by atoms with E-state index in [9.17, 15) is 9.90 Å². The summed E-state index contributed by atoms with van der Waals surface area (Å²) in [6.45, 7) is 0. The van der Waals surface area contributed by atoms with Crippen LogP contribution in [0.5, 0.6) is 0 Å². The fourth-order valence-electron chi connectivity index (χ4n) is 0.214. The molecule has 0 bridgehead atoms. The Bertz CT molecular complexity index is 132. The van der Waals surface area contributed by atoms with Gasteiger partial charge in [-0.15, -0.1) is 0 Å². The van der Waals surface area contributed by atoms with Crippen LogP contribution in [0.25, 0.3) is 0 Å². The monoisotopic (exact) mass is 154 g/mol. The average molecular weight is 154 g/mol. The third kappa shape index (κ3) is 5.94. The van der Waals surface area contributed by atoms with E-state index in [0.29, 0.717) is 0 Å². The molecule has 0 aromatic rings. The zero-order chi connectivity index (χ0) is 7.28. The van der Waals surface area contributed by atoms with Gasteiger partial charge in [-0.05, 0) is 7.11 Å². The third-order valence-electron chi connectivity index (χ3n) is 0.638. The molecule has 0 fully saturated rings. The number of hydrogen-bond donors (Lipinski definition) is 0. The maximum atomic E-state index is 10.2. The molecular formula is C5H7NaO4. The number of esters is 1. The number of carbonyl (C=O) groups is 1. The second-order valence-corrected chi connectivity index (χ2v) is 1.19. The fourth-order valence-corrected chi connectivity index (χ4v) is 0.214. The van der Waals surface area contributed by atoms with Gasteiger partial charge in [-0.1, -0.05) is 0 Å². The Morgan fingerprint density at radius 3 is 2.20 bits per heavy atom. The molecular weight excluding hydrogens is 147 g/mol. The van der Waals surface area contributed by atoms with Crippen LogP contribution in [0.4, 0.5) is 0 Å². The zero-order valence-corrected chi connectivity index (χ0v) is 8.21. The summed E-state index contributed by atoms with van der Waals surface area (Å²) in [6.07, 6.45) is 0.722. The van der Waals surface area contributed by atoms with Gasteiger partial charge in [0.1, 0.15) is 0 Å². The second kappa shape index (κ2) is 6.92. The van der Waals surface area contributed by atoms with E-state index in [1.807, 2.05) is 0 Å². The molecule has 0 aliphatic rings. The van der Waals surface area contributed by atoms with Crippen LogP contribution in [-0.2, 0) is 14.3 Å². The molecule has 0 N–H and O–H groups in total. The topological polar surface area (TPSA) is 58.6 Å². The van der Waals surface area contributed by atoms with Gasteiger partial charge >= 0.3 is 35.5 Å². The largest absolute Gasteiger partial charge is 1.00 e. The summed E-state index contributed by atoms with van der Waals surface area (Å²) in [5.74, 6) is -1.41. The number of hydrogen-bond acceptors (Lipinski definition) is 4. The molecule has 0 aliphatic heterocycles. The van der Waals surface area contributed by atoms with Crippen molar-refractivity contribution in [1.29, 1.82) is 0 Å². The van der Waals surface area contributed by atoms with Crippen molar-refractivity contribution in [2.75, 3.05) is 14.2 Å². The van der Waals surface area contributed by atoms with Crippen molar-refractivity contribution in [1.82, 2.24) is 0 Å². The third-order valence-corrected chi connectivity index (χ3v) is 0.638. The standard InChI is InChI=1S/C5H8O4.Na/c1-8-4(6)3-5(7)9-2;/h3,6H,1-2H3;/q;+1/p-1. The van der Waals surface area contributed by atoms with E-state index in [1.165, 1.54) is 14.2 Å². The van der Waals surface area contributed by atoms with Gasteiger partial charge in [-0.25, -0.2) is 4.79 Å². The Labute approximate surface area is 81.1 Å². The van der Waals surface area contributed by atoms with E-state index in [-0.39, 0.29) is 29.6 Å². The molecule has 0 aliphatic carbocycles. The Balaban J connectivity index is 0. The van der Waals surface area contributed by atoms with E-state index in [0.717, 1.165) is 6.08 Å². The number of ether oxygens (including phenoxy) is 2. The molecule has 4 nitrogen and oxygen atoms in total. The van der Waals surface area contributed by atoms with E-state index < -0.39 is 11.9 Å². The van der Waals surface area contributed by atoms with E-state index in [2.05, 4.69) is 9.47 Å². The average Bonchev–Trinajstić information content (AvgIpc) is 1.87. The predicted molar refractivity (Wildman–Crippen MR) is 27.1 cm³/mol. The fraction of sp³-hybridized carbons (Fsp3) is 0.400. The minimum atomic E-state index is -0.707. The van der Waals surface area contributed by atoms with Crippen molar-refractivity contribution in [2.45, 2.75) is 0 Å². The maximum absolute atomic E-state index is 10.2. The normalized spacial score (nSPS) is 9.60. The van der Waals surface area contributed by atoms with Gasteiger partial charge in [0.15, 0.2) is 0 Å². The Morgan fingerprint density at radius 1 is 1.40 bits per heavy atom. The van der Waals surface area contributed by atoms with Crippen LogP contribution in [0.15, 0.2) is 12.0 Å². The van der Waals surface area contributed by atoms with Gasteiger partial charge in [0.2, 0.25) is 0 Å². The summed E-state index contributed by atoms with van der Waals surface area (Å²) >= 11 is 0. The van der Waals surface area contributed by atoms with E-state index in [1.54, 1.807) is 0 Å². The second-order valence-electron chi connectivity index (χ2n) is 1.19. The molecule has 52 valence electrons. The molecule has 0 aromatic heterocycles. The van der Waals surface area contributed by atoms with Gasteiger partial charge in [0, 0.05) is 6.08 Å². The predicted octanol–water partition coefficient (Wildman–Crippen LogP) is -3.99. The Morgan fingerprint density at radius 2 is 1.90 bits per heavy atom. The van der Waals surface area contributed by atoms with Crippen molar-refractivity contribution in [3.63, 3.8) is 0 Å². The first kappa shape index (κ1) is 12.5. The van der Waals surface area contributed by atoms with Gasteiger partial charge in [-0.3, -0.25) is 0 Å². The van der Waals surface area contributed by atoms with Crippen LogP contribution in [0.1, 0.15) is 0 Å². The van der Waals surface area contributed by atoms with E-state index >= 15 is 0 Å². The van der Waals surface area contributed by atoms with Crippen LogP contribution in [0.2, 0.25) is 0 Å². The first-order chi connectivity index (χ1) is 4.20. The molecule has 0 aromatic carbocycles. The summed E-state index contributed by atoms with van der Waals surface area (Å²) in [7, 11) is 2.36. The minimum absolute atomic E-state index is 0. The van der Waals surface area contributed by atoms with Crippen molar-refractivity contribution >= 4 is 5.97 Å². The van der Waals surface area contributed by atoms with Gasteiger partial charge < -0.3 is 14.6 Å². The molecule has 0 atom stereocenters.